The lowest BCUT2D eigenvalue weighted by Crippen LogP contribution is -2.49. The van der Waals surface area contributed by atoms with Gasteiger partial charge in [0.1, 0.15) is 0 Å². The number of ether oxygens (including phenoxy) is 1. The van der Waals surface area contributed by atoms with Crippen molar-refractivity contribution in [1.29, 1.82) is 0 Å². The molecule has 3 fully saturated rings. The van der Waals surface area contributed by atoms with Crippen molar-refractivity contribution < 1.29 is 9.53 Å². The number of carbonyl (C=O) groups excluding carboxylic acids is 1. The molecule has 4 nitrogen and oxygen atoms in total. The first-order valence-corrected chi connectivity index (χ1v) is 7.26. The van der Waals surface area contributed by atoms with Crippen molar-refractivity contribution in [3.63, 3.8) is 0 Å². The number of rotatable bonds is 2. The minimum atomic E-state index is 0.193. The number of carbonyl (C=O) groups is 1. The monoisotopic (exact) mass is 252 g/mol. The van der Waals surface area contributed by atoms with Crippen LogP contribution >= 0.6 is 0 Å². The van der Waals surface area contributed by atoms with Gasteiger partial charge in [-0.1, -0.05) is 0 Å². The maximum Gasteiger partial charge on any atom is 0.225 e. The first kappa shape index (κ1) is 12.4. The van der Waals surface area contributed by atoms with Crippen LogP contribution in [0.25, 0.3) is 0 Å². The third-order valence-corrected chi connectivity index (χ3v) is 5.15. The lowest BCUT2D eigenvalue weighted by atomic mass is 9.93. The average molecular weight is 252 g/mol. The van der Waals surface area contributed by atoms with Crippen molar-refractivity contribution in [3.8, 4) is 0 Å². The number of hydrogen-bond acceptors (Lipinski definition) is 3. The number of piperidine rings is 1. The number of likely N-dealkylation sites (tertiary alicyclic amines) is 1. The standard InChI is InChI=1S/C14H24N2O2/c1-18-13-10-2-3-11(13)8-16(7-10)14(17)9-4-5-12(15)6-9/h9-13H,2-8,15H2,1H3/t9-,10-,11+,12+,13?/m0/s1. The molecule has 0 aromatic heterocycles. The maximum atomic E-state index is 12.5. The predicted molar refractivity (Wildman–Crippen MR) is 68.9 cm³/mol. The van der Waals surface area contributed by atoms with E-state index in [4.69, 9.17) is 10.5 Å². The maximum absolute atomic E-state index is 12.5. The molecule has 0 aromatic rings. The minimum absolute atomic E-state index is 0.193. The second-order valence-corrected chi connectivity index (χ2v) is 6.31. The summed E-state index contributed by atoms with van der Waals surface area (Å²) in [6.07, 6.45) is 5.71. The second-order valence-electron chi connectivity index (χ2n) is 6.31. The smallest absolute Gasteiger partial charge is 0.225 e. The van der Waals surface area contributed by atoms with Gasteiger partial charge in [0.25, 0.3) is 0 Å². The fourth-order valence-corrected chi connectivity index (χ4v) is 4.24. The molecule has 4 heteroatoms. The van der Waals surface area contributed by atoms with Gasteiger partial charge in [0.15, 0.2) is 0 Å². The van der Waals surface area contributed by atoms with Crippen LogP contribution in [0, 0.1) is 17.8 Å². The van der Waals surface area contributed by atoms with Crippen LogP contribution in [0.5, 0.6) is 0 Å². The lowest BCUT2D eigenvalue weighted by Gasteiger charge is -2.38. The Morgan fingerprint density at radius 1 is 1.17 bits per heavy atom. The molecule has 3 rings (SSSR count). The highest BCUT2D eigenvalue weighted by atomic mass is 16.5. The average Bonchev–Trinajstić information content (AvgIpc) is 2.89. The van der Waals surface area contributed by atoms with E-state index < -0.39 is 0 Å². The van der Waals surface area contributed by atoms with Crippen molar-refractivity contribution in [2.45, 2.75) is 44.2 Å². The van der Waals surface area contributed by atoms with Crippen LogP contribution in [0.4, 0.5) is 0 Å². The van der Waals surface area contributed by atoms with Crippen LogP contribution in [0.15, 0.2) is 0 Å². The summed E-state index contributed by atoms with van der Waals surface area (Å²) in [6.45, 7) is 1.80. The van der Waals surface area contributed by atoms with Crippen molar-refractivity contribution in [1.82, 2.24) is 4.90 Å². The quantitative estimate of drug-likeness (QED) is 0.797. The number of methoxy groups -OCH3 is 1. The Bertz CT molecular complexity index is 320. The number of amides is 1. The zero-order valence-corrected chi connectivity index (χ0v) is 11.2. The molecule has 2 saturated carbocycles. The molecule has 1 aliphatic heterocycles. The summed E-state index contributed by atoms with van der Waals surface area (Å²) in [5.41, 5.74) is 5.91. The first-order chi connectivity index (χ1) is 8.69. The highest BCUT2D eigenvalue weighted by Crippen LogP contribution is 2.39. The number of hydrogen-bond donors (Lipinski definition) is 1. The van der Waals surface area contributed by atoms with Crippen LogP contribution in [-0.4, -0.2) is 43.2 Å². The Morgan fingerprint density at radius 3 is 2.33 bits per heavy atom. The van der Waals surface area contributed by atoms with E-state index in [0.717, 1.165) is 32.4 Å². The molecule has 2 bridgehead atoms. The van der Waals surface area contributed by atoms with Crippen LogP contribution < -0.4 is 5.73 Å². The van der Waals surface area contributed by atoms with E-state index >= 15 is 0 Å². The summed E-state index contributed by atoms with van der Waals surface area (Å²) >= 11 is 0. The molecule has 3 aliphatic rings. The third-order valence-electron chi connectivity index (χ3n) is 5.15. The van der Waals surface area contributed by atoms with Gasteiger partial charge < -0.3 is 15.4 Å². The predicted octanol–water partition coefficient (Wildman–Crippen LogP) is 0.997. The van der Waals surface area contributed by atoms with Crippen LogP contribution in [0.3, 0.4) is 0 Å². The summed E-state index contributed by atoms with van der Waals surface area (Å²) < 4.78 is 5.59. The summed E-state index contributed by atoms with van der Waals surface area (Å²) in [5.74, 6) is 1.67. The van der Waals surface area contributed by atoms with Crippen LogP contribution in [0.1, 0.15) is 32.1 Å². The Kier molecular flexibility index (Phi) is 3.32. The molecular formula is C14H24N2O2. The van der Waals surface area contributed by atoms with Gasteiger partial charge in [-0.15, -0.1) is 0 Å². The molecule has 0 spiro atoms. The van der Waals surface area contributed by atoms with Gasteiger partial charge in [0.05, 0.1) is 6.10 Å². The fourth-order valence-electron chi connectivity index (χ4n) is 4.24. The van der Waals surface area contributed by atoms with Crippen molar-refractivity contribution >= 4 is 5.91 Å². The zero-order chi connectivity index (χ0) is 12.7. The Balaban J connectivity index is 1.63. The van der Waals surface area contributed by atoms with Gasteiger partial charge in [-0.05, 0) is 32.1 Å². The molecule has 1 saturated heterocycles. The Morgan fingerprint density at radius 2 is 1.83 bits per heavy atom. The molecule has 102 valence electrons. The van der Waals surface area contributed by atoms with E-state index in [2.05, 4.69) is 4.90 Å². The van der Waals surface area contributed by atoms with Gasteiger partial charge in [0.2, 0.25) is 5.91 Å². The molecule has 0 aromatic carbocycles. The normalized spacial score (nSPS) is 43.4. The highest BCUT2D eigenvalue weighted by molar-refractivity contribution is 5.79. The van der Waals surface area contributed by atoms with Crippen LogP contribution in [0.2, 0.25) is 0 Å². The van der Waals surface area contributed by atoms with Gasteiger partial charge in [0, 0.05) is 44.0 Å². The van der Waals surface area contributed by atoms with E-state index in [1.165, 1.54) is 12.8 Å². The van der Waals surface area contributed by atoms with Gasteiger partial charge in [-0.2, -0.15) is 0 Å². The molecule has 18 heavy (non-hydrogen) atoms. The topological polar surface area (TPSA) is 55.6 Å². The van der Waals surface area contributed by atoms with Crippen LogP contribution in [-0.2, 0) is 9.53 Å². The first-order valence-electron chi connectivity index (χ1n) is 7.26. The van der Waals surface area contributed by atoms with Gasteiger partial charge >= 0.3 is 0 Å². The molecule has 1 amide bonds. The van der Waals surface area contributed by atoms with Gasteiger partial charge in [-0.25, -0.2) is 0 Å². The lowest BCUT2D eigenvalue weighted by molar-refractivity contribution is -0.140. The minimum Gasteiger partial charge on any atom is -0.381 e. The third kappa shape index (κ3) is 2.05. The van der Waals surface area contributed by atoms with E-state index in [9.17, 15) is 4.79 Å². The zero-order valence-electron chi connectivity index (χ0n) is 11.2. The molecule has 2 N–H and O–H groups in total. The van der Waals surface area contributed by atoms with Crippen molar-refractivity contribution in [3.05, 3.63) is 0 Å². The SMILES string of the molecule is COC1[C@@H]2CC[C@H]1CN(C(=O)[C@H]1CC[C@@H](N)C1)C2. The Hall–Kier alpha value is -0.610. The summed E-state index contributed by atoms with van der Waals surface area (Å²) in [5, 5.41) is 0. The summed E-state index contributed by atoms with van der Waals surface area (Å²) in [6, 6.07) is 0.243. The van der Waals surface area contributed by atoms with Crippen molar-refractivity contribution in [2.24, 2.45) is 23.5 Å². The molecule has 5 atom stereocenters. The van der Waals surface area contributed by atoms with E-state index in [0.29, 0.717) is 23.8 Å². The summed E-state index contributed by atoms with van der Waals surface area (Å²) in [4.78, 5) is 14.6. The van der Waals surface area contributed by atoms with Gasteiger partial charge in [-0.3, -0.25) is 4.79 Å². The van der Waals surface area contributed by atoms with Crippen molar-refractivity contribution in [2.75, 3.05) is 20.2 Å². The van der Waals surface area contributed by atoms with E-state index in [-0.39, 0.29) is 12.0 Å². The fraction of sp³-hybridized carbons (Fsp3) is 0.929. The summed E-state index contributed by atoms with van der Waals surface area (Å²) in [7, 11) is 1.81. The highest BCUT2D eigenvalue weighted by Gasteiger charge is 2.44. The number of nitrogens with two attached hydrogens (primary N) is 1. The Labute approximate surface area is 109 Å². The molecule has 1 heterocycles. The molecule has 2 aliphatic carbocycles. The molecule has 0 radical (unpaired) electrons. The van der Waals surface area contributed by atoms with E-state index in [1.54, 1.807) is 0 Å². The largest absolute Gasteiger partial charge is 0.381 e. The molecule has 1 unspecified atom stereocenters. The number of fused-ring (bicyclic) bond motifs is 2. The molecular weight excluding hydrogens is 228 g/mol. The number of nitrogens with zero attached hydrogens (tertiary/aromatic N) is 1. The van der Waals surface area contributed by atoms with E-state index in [1.807, 2.05) is 7.11 Å². The second kappa shape index (κ2) is 4.82.